The summed E-state index contributed by atoms with van der Waals surface area (Å²) >= 11 is 0. The largest absolute Gasteiger partial charge is 0.494 e. The molecular formula is C28H43NO2. The number of nitrogens with zero attached hydrogens (tertiary/aromatic N) is 1. The van der Waals surface area contributed by atoms with Gasteiger partial charge in [-0.15, -0.1) is 0 Å². The molecule has 1 N–H and O–H groups in total. The number of benzene rings is 1. The van der Waals surface area contributed by atoms with Crippen molar-refractivity contribution < 1.29 is 9.84 Å². The SMILES string of the molecule is CCCCCCCCOc1ccc(-c2ccc(CCC(O)CCCCCC)cn2)cc1. The Labute approximate surface area is 190 Å². The Kier molecular flexibility index (Phi) is 13.0. The Hall–Kier alpha value is -1.87. The van der Waals surface area contributed by atoms with Crippen LogP contribution in [0.1, 0.15) is 96.5 Å². The third-order valence-corrected chi connectivity index (χ3v) is 5.90. The zero-order valence-electron chi connectivity index (χ0n) is 19.8. The van der Waals surface area contributed by atoms with Crippen LogP contribution in [0.15, 0.2) is 42.6 Å². The normalized spacial score (nSPS) is 12.1. The van der Waals surface area contributed by atoms with Gasteiger partial charge in [-0.2, -0.15) is 0 Å². The van der Waals surface area contributed by atoms with Crippen LogP contribution >= 0.6 is 0 Å². The molecule has 172 valence electrons. The molecule has 3 nitrogen and oxygen atoms in total. The van der Waals surface area contributed by atoms with E-state index in [4.69, 9.17) is 4.74 Å². The number of unbranched alkanes of at least 4 members (excludes halogenated alkanes) is 8. The molecule has 0 fully saturated rings. The van der Waals surface area contributed by atoms with Gasteiger partial charge in [-0.25, -0.2) is 0 Å². The number of pyridine rings is 1. The summed E-state index contributed by atoms with van der Waals surface area (Å²) in [5, 5.41) is 10.2. The van der Waals surface area contributed by atoms with Crippen LogP contribution in [0.3, 0.4) is 0 Å². The molecule has 0 saturated heterocycles. The fraction of sp³-hybridized carbons (Fsp3) is 0.607. The minimum atomic E-state index is -0.194. The zero-order chi connectivity index (χ0) is 22.2. The Morgan fingerprint density at radius 2 is 1.45 bits per heavy atom. The maximum Gasteiger partial charge on any atom is 0.119 e. The number of aryl methyl sites for hydroxylation is 1. The monoisotopic (exact) mass is 425 g/mol. The van der Waals surface area contributed by atoms with Crippen molar-refractivity contribution in [3.05, 3.63) is 48.2 Å². The molecule has 3 heteroatoms. The van der Waals surface area contributed by atoms with Crippen molar-refractivity contribution in [3.63, 3.8) is 0 Å². The van der Waals surface area contributed by atoms with E-state index in [1.165, 1.54) is 56.9 Å². The molecule has 1 aromatic carbocycles. The maximum absolute atomic E-state index is 10.2. The van der Waals surface area contributed by atoms with Gasteiger partial charge in [0.15, 0.2) is 0 Å². The summed E-state index contributed by atoms with van der Waals surface area (Å²) in [4.78, 5) is 4.63. The summed E-state index contributed by atoms with van der Waals surface area (Å²) < 4.78 is 5.87. The van der Waals surface area contributed by atoms with E-state index in [-0.39, 0.29) is 6.10 Å². The van der Waals surface area contributed by atoms with E-state index in [2.05, 4.69) is 43.1 Å². The molecule has 0 saturated carbocycles. The number of aromatic nitrogens is 1. The molecule has 2 aromatic rings. The summed E-state index contributed by atoms with van der Waals surface area (Å²) in [6, 6.07) is 12.5. The van der Waals surface area contributed by atoms with Gasteiger partial charge in [0.1, 0.15) is 5.75 Å². The van der Waals surface area contributed by atoms with E-state index in [9.17, 15) is 5.11 Å². The molecule has 0 aliphatic carbocycles. The van der Waals surface area contributed by atoms with Crippen LogP contribution in [-0.2, 0) is 6.42 Å². The predicted molar refractivity (Wildman–Crippen MR) is 132 cm³/mol. The van der Waals surface area contributed by atoms with Crippen LogP contribution < -0.4 is 4.74 Å². The molecular weight excluding hydrogens is 382 g/mol. The van der Waals surface area contributed by atoms with Crippen molar-refractivity contribution >= 4 is 0 Å². The molecule has 0 spiro atoms. The van der Waals surface area contributed by atoms with Gasteiger partial charge >= 0.3 is 0 Å². The average Bonchev–Trinajstić information content (AvgIpc) is 2.81. The Bertz CT molecular complexity index is 681. The van der Waals surface area contributed by atoms with E-state index >= 15 is 0 Å². The molecule has 31 heavy (non-hydrogen) atoms. The van der Waals surface area contributed by atoms with E-state index in [1.54, 1.807) is 0 Å². The second-order valence-corrected chi connectivity index (χ2v) is 8.73. The van der Waals surface area contributed by atoms with E-state index in [0.29, 0.717) is 0 Å². The second kappa shape index (κ2) is 15.9. The van der Waals surface area contributed by atoms with Gasteiger partial charge in [-0.1, -0.05) is 77.7 Å². The van der Waals surface area contributed by atoms with Gasteiger partial charge in [-0.05, 0) is 61.6 Å². The highest BCUT2D eigenvalue weighted by Gasteiger charge is 2.06. The van der Waals surface area contributed by atoms with Crippen molar-refractivity contribution in [2.24, 2.45) is 0 Å². The van der Waals surface area contributed by atoms with Crippen molar-refractivity contribution in [1.29, 1.82) is 0 Å². The standard InChI is InChI=1S/C28H43NO2/c1-3-5-7-9-10-12-22-31-27-19-16-25(17-20-27)28-21-15-24(23-29-28)14-18-26(30)13-11-8-6-4-2/h15-17,19-21,23,26,30H,3-14,18,22H2,1-2H3. The number of aliphatic hydroxyl groups excluding tert-OH is 1. The highest BCUT2D eigenvalue weighted by atomic mass is 16.5. The van der Waals surface area contributed by atoms with Crippen molar-refractivity contribution in [3.8, 4) is 17.0 Å². The van der Waals surface area contributed by atoms with Crippen LogP contribution in [0.25, 0.3) is 11.3 Å². The van der Waals surface area contributed by atoms with Crippen molar-refractivity contribution in [1.82, 2.24) is 4.98 Å². The van der Waals surface area contributed by atoms with Crippen LogP contribution in [0.2, 0.25) is 0 Å². The van der Waals surface area contributed by atoms with Crippen LogP contribution in [0.5, 0.6) is 5.75 Å². The fourth-order valence-corrected chi connectivity index (χ4v) is 3.82. The minimum absolute atomic E-state index is 0.194. The minimum Gasteiger partial charge on any atom is -0.494 e. The summed E-state index contributed by atoms with van der Waals surface area (Å²) in [7, 11) is 0. The number of rotatable bonds is 17. The summed E-state index contributed by atoms with van der Waals surface area (Å²) in [6.07, 6.45) is 16.9. The lowest BCUT2D eigenvalue weighted by Gasteiger charge is -2.10. The smallest absolute Gasteiger partial charge is 0.119 e. The molecule has 0 aliphatic rings. The Morgan fingerprint density at radius 3 is 2.13 bits per heavy atom. The van der Waals surface area contributed by atoms with Gasteiger partial charge in [0.25, 0.3) is 0 Å². The van der Waals surface area contributed by atoms with Crippen LogP contribution in [0.4, 0.5) is 0 Å². The number of ether oxygens (including phenoxy) is 1. The van der Waals surface area contributed by atoms with E-state index in [0.717, 1.165) is 55.7 Å². The van der Waals surface area contributed by atoms with E-state index < -0.39 is 0 Å². The van der Waals surface area contributed by atoms with Gasteiger partial charge in [0.05, 0.1) is 18.4 Å². The molecule has 1 unspecified atom stereocenters. The van der Waals surface area contributed by atoms with Crippen LogP contribution in [-0.4, -0.2) is 22.8 Å². The molecule has 0 amide bonds. The summed E-state index contributed by atoms with van der Waals surface area (Å²) in [6.45, 7) is 5.26. The highest BCUT2D eigenvalue weighted by Crippen LogP contribution is 2.22. The quantitative estimate of drug-likeness (QED) is 0.263. The summed E-state index contributed by atoms with van der Waals surface area (Å²) in [5.74, 6) is 0.932. The summed E-state index contributed by atoms with van der Waals surface area (Å²) in [5.41, 5.74) is 3.27. The second-order valence-electron chi connectivity index (χ2n) is 8.73. The van der Waals surface area contributed by atoms with Gasteiger partial charge in [-0.3, -0.25) is 4.98 Å². The third kappa shape index (κ3) is 10.8. The van der Waals surface area contributed by atoms with Gasteiger partial charge < -0.3 is 9.84 Å². The number of hydrogen-bond donors (Lipinski definition) is 1. The number of hydrogen-bond acceptors (Lipinski definition) is 3. The Balaban J connectivity index is 1.69. The number of aliphatic hydroxyl groups is 1. The first kappa shape index (κ1) is 25.4. The van der Waals surface area contributed by atoms with Gasteiger partial charge in [0, 0.05) is 11.8 Å². The van der Waals surface area contributed by atoms with Crippen molar-refractivity contribution in [2.75, 3.05) is 6.61 Å². The molecule has 0 radical (unpaired) electrons. The predicted octanol–water partition coefficient (Wildman–Crippen LogP) is 7.75. The molecule has 0 aliphatic heterocycles. The topological polar surface area (TPSA) is 42.4 Å². The fourth-order valence-electron chi connectivity index (χ4n) is 3.82. The lowest BCUT2D eigenvalue weighted by atomic mass is 10.0. The molecule has 0 bridgehead atoms. The van der Waals surface area contributed by atoms with Crippen LogP contribution in [0, 0.1) is 0 Å². The molecule has 1 heterocycles. The zero-order valence-corrected chi connectivity index (χ0v) is 19.8. The molecule has 1 atom stereocenters. The maximum atomic E-state index is 10.2. The highest BCUT2D eigenvalue weighted by molar-refractivity contribution is 5.60. The first-order valence-corrected chi connectivity index (χ1v) is 12.6. The first-order valence-electron chi connectivity index (χ1n) is 12.6. The Morgan fingerprint density at radius 1 is 0.774 bits per heavy atom. The third-order valence-electron chi connectivity index (χ3n) is 5.90. The van der Waals surface area contributed by atoms with Crippen molar-refractivity contribution in [2.45, 2.75) is 103 Å². The molecule has 2 rings (SSSR count). The molecule has 1 aromatic heterocycles. The lowest BCUT2D eigenvalue weighted by Crippen LogP contribution is -2.07. The lowest BCUT2D eigenvalue weighted by molar-refractivity contribution is 0.151. The van der Waals surface area contributed by atoms with E-state index in [1.807, 2.05) is 18.3 Å². The average molecular weight is 426 g/mol. The first-order chi connectivity index (χ1) is 15.2. The van der Waals surface area contributed by atoms with Gasteiger partial charge in [0.2, 0.25) is 0 Å².